The topological polar surface area (TPSA) is 84.9 Å². The van der Waals surface area contributed by atoms with Gasteiger partial charge in [0.25, 0.3) is 0 Å². The van der Waals surface area contributed by atoms with Crippen LogP contribution in [0, 0.1) is 0 Å². The first-order chi connectivity index (χ1) is 10.5. The third kappa shape index (κ3) is 2.80. The molecule has 22 heavy (non-hydrogen) atoms. The highest BCUT2D eigenvalue weighted by atomic mass is 32.2. The van der Waals surface area contributed by atoms with Crippen LogP contribution in [0.1, 0.15) is 6.92 Å². The summed E-state index contributed by atoms with van der Waals surface area (Å²) < 4.78 is 28.4. The number of benzene rings is 2. The van der Waals surface area contributed by atoms with Gasteiger partial charge in [0.15, 0.2) is 5.82 Å². The minimum atomic E-state index is -3.39. The summed E-state index contributed by atoms with van der Waals surface area (Å²) in [7, 11) is -3.39. The molecule has 0 saturated carbocycles. The first-order valence-electron chi connectivity index (χ1n) is 6.77. The summed E-state index contributed by atoms with van der Waals surface area (Å²) in [6.07, 6.45) is 1.09. The molecule has 0 aliphatic rings. The van der Waals surface area contributed by atoms with E-state index in [0.29, 0.717) is 12.4 Å². The minimum absolute atomic E-state index is 0.130. The van der Waals surface area contributed by atoms with Crippen molar-refractivity contribution in [3.63, 3.8) is 0 Å². The summed E-state index contributed by atoms with van der Waals surface area (Å²) in [5.74, 6) is 1.18. The van der Waals surface area contributed by atoms with E-state index in [2.05, 4.69) is 15.2 Å². The highest BCUT2D eigenvalue weighted by molar-refractivity contribution is 7.90. The van der Waals surface area contributed by atoms with Gasteiger partial charge in [-0.3, -0.25) is 0 Å². The molecule has 7 heteroatoms. The molecule has 0 aliphatic heterocycles. The van der Waals surface area contributed by atoms with Gasteiger partial charge in [-0.1, -0.05) is 18.2 Å². The van der Waals surface area contributed by atoms with Gasteiger partial charge in [-0.25, -0.2) is 13.5 Å². The second kappa shape index (κ2) is 5.42. The zero-order chi connectivity index (χ0) is 15.7. The molecule has 0 bridgehead atoms. The molecule has 0 fully saturated rings. The maximum atomic E-state index is 11.4. The molecule has 1 heterocycles. The predicted octanol–water partition coefficient (Wildman–Crippen LogP) is 2.43. The van der Waals surface area contributed by atoms with E-state index >= 15 is 0 Å². The number of aromatic nitrogens is 3. The van der Waals surface area contributed by atoms with Gasteiger partial charge in [-0.2, -0.15) is 10.1 Å². The lowest BCUT2D eigenvalue weighted by Crippen LogP contribution is -1.99. The summed E-state index contributed by atoms with van der Waals surface area (Å²) in [5, 5.41) is 8.33. The zero-order valence-corrected chi connectivity index (χ0v) is 13.0. The van der Waals surface area contributed by atoms with Crippen LogP contribution in [0.4, 0.5) is 0 Å². The van der Waals surface area contributed by atoms with Crippen LogP contribution in [-0.2, 0) is 9.84 Å². The van der Waals surface area contributed by atoms with E-state index in [4.69, 9.17) is 4.74 Å². The number of aromatic amines is 1. The summed E-state index contributed by atoms with van der Waals surface area (Å²) in [5.41, 5.74) is 0.753. The molecule has 0 saturated heterocycles. The third-order valence-corrected chi connectivity index (χ3v) is 4.08. The highest BCUT2D eigenvalue weighted by Gasteiger charge is 2.14. The number of nitrogens with one attached hydrogen (secondary N) is 1. The molecule has 0 spiro atoms. The van der Waals surface area contributed by atoms with E-state index in [-0.39, 0.29) is 5.16 Å². The number of ether oxygens (including phenoxy) is 1. The van der Waals surface area contributed by atoms with Gasteiger partial charge in [0.1, 0.15) is 5.75 Å². The number of sulfone groups is 1. The molecule has 114 valence electrons. The lowest BCUT2D eigenvalue weighted by atomic mass is 10.1. The zero-order valence-electron chi connectivity index (χ0n) is 12.2. The molecule has 3 rings (SSSR count). The van der Waals surface area contributed by atoms with Crippen molar-refractivity contribution < 1.29 is 13.2 Å². The molecule has 1 N–H and O–H groups in total. The standard InChI is InChI=1S/C15H15N3O3S/c1-3-21-13-7-6-10-8-12(5-4-11(10)9-13)14-16-15(18-17-14)22(2,19)20/h4-9H,3H2,1-2H3,(H,16,17,18). The third-order valence-electron chi connectivity index (χ3n) is 3.20. The quantitative estimate of drug-likeness (QED) is 0.799. The Hall–Kier alpha value is -2.41. The molecule has 2 aromatic carbocycles. The van der Waals surface area contributed by atoms with E-state index < -0.39 is 9.84 Å². The summed E-state index contributed by atoms with van der Waals surface area (Å²) >= 11 is 0. The van der Waals surface area contributed by atoms with Crippen LogP contribution in [0.25, 0.3) is 22.2 Å². The van der Waals surface area contributed by atoms with E-state index in [0.717, 1.165) is 28.3 Å². The van der Waals surface area contributed by atoms with Crippen molar-refractivity contribution in [1.82, 2.24) is 15.2 Å². The molecule has 0 atom stereocenters. The van der Waals surface area contributed by atoms with Crippen molar-refractivity contribution >= 4 is 20.6 Å². The van der Waals surface area contributed by atoms with Crippen LogP contribution in [0.2, 0.25) is 0 Å². The minimum Gasteiger partial charge on any atom is -0.494 e. The SMILES string of the molecule is CCOc1ccc2cc(-c3n[nH]c(S(C)(=O)=O)n3)ccc2c1. The maximum Gasteiger partial charge on any atom is 0.243 e. The first-order valence-corrected chi connectivity index (χ1v) is 8.66. The van der Waals surface area contributed by atoms with Crippen molar-refractivity contribution in [1.29, 1.82) is 0 Å². The predicted molar refractivity (Wildman–Crippen MR) is 83.6 cm³/mol. The molecule has 0 amide bonds. The molecule has 0 radical (unpaired) electrons. The fraction of sp³-hybridized carbons (Fsp3) is 0.200. The Balaban J connectivity index is 2.01. The average Bonchev–Trinajstić information content (AvgIpc) is 2.97. The Morgan fingerprint density at radius 3 is 2.55 bits per heavy atom. The van der Waals surface area contributed by atoms with Gasteiger partial charge in [0.2, 0.25) is 15.0 Å². The lowest BCUT2D eigenvalue weighted by Gasteiger charge is -2.05. The number of hydrogen-bond donors (Lipinski definition) is 1. The second-order valence-corrected chi connectivity index (χ2v) is 6.82. The van der Waals surface area contributed by atoms with Crippen LogP contribution in [0.15, 0.2) is 41.6 Å². The van der Waals surface area contributed by atoms with Crippen LogP contribution >= 0.6 is 0 Å². The Labute approximate surface area is 128 Å². The fourth-order valence-corrected chi connectivity index (χ4v) is 2.62. The number of nitrogens with zero attached hydrogens (tertiary/aromatic N) is 2. The van der Waals surface area contributed by atoms with Crippen LogP contribution in [-0.4, -0.2) is 36.5 Å². The Morgan fingerprint density at radius 1 is 1.14 bits per heavy atom. The van der Waals surface area contributed by atoms with Crippen LogP contribution < -0.4 is 4.74 Å². The average molecular weight is 317 g/mol. The monoisotopic (exact) mass is 317 g/mol. The van der Waals surface area contributed by atoms with E-state index in [9.17, 15) is 8.42 Å². The van der Waals surface area contributed by atoms with Crippen molar-refractivity contribution in [3.05, 3.63) is 36.4 Å². The van der Waals surface area contributed by atoms with Crippen molar-refractivity contribution in [2.24, 2.45) is 0 Å². The normalized spacial score (nSPS) is 11.7. The van der Waals surface area contributed by atoms with Crippen molar-refractivity contribution in [3.8, 4) is 17.1 Å². The smallest absolute Gasteiger partial charge is 0.243 e. The van der Waals surface area contributed by atoms with Gasteiger partial charge in [-0.15, -0.1) is 0 Å². The van der Waals surface area contributed by atoms with E-state index in [1.807, 2.05) is 43.3 Å². The molecule has 0 unspecified atom stereocenters. The first kappa shape index (κ1) is 14.5. The summed E-state index contributed by atoms with van der Waals surface area (Å²) in [6, 6.07) is 11.5. The van der Waals surface area contributed by atoms with Gasteiger partial charge >= 0.3 is 0 Å². The summed E-state index contributed by atoms with van der Waals surface area (Å²) in [6.45, 7) is 2.56. The van der Waals surface area contributed by atoms with Gasteiger partial charge < -0.3 is 4.74 Å². The molecular formula is C15H15N3O3S. The molecule has 6 nitrogen and oxygen atoms in total. The van der Waals surface area contributed by atoms with Crippen molar-refractivity contribution in [2.45, 2.75) is 12.1 Å². The van der Waals surface area contributed by atoms with Gasteiger partial charge in [-0.05, 0) is 35.9 Å². The Kier molecular flexibility index (Phi) is 3.58. The van der Waals surface area contributed by atoms with Crippen LogP contribution in [0.3, 0.4) is 0 Å². The molecule has 3 aromatic rings. The van der Waals surface area contributed by atoms with Crippen molar-refractivity contribution in [2.75, 3.05) is 12.9 Å². The number of fused-ring (bicyclic) bond motifs is 1. The Morgan fingerprint density at radius 2 is 1.86 bits per heavy atom. The second-order valence-electron chi connectivity index (χ2n) is 4.89. The highest BCUT2D eigenvalue weighted by Crippen LogP contribution is 2.25. The largest absolute Gasteiger partial charge is 0.494 e. The van der Waals surface area contributed by atoms with Gasteiger partial charge in [0, 0.05) is 11.8 Å². The lowest BCUT2D eigenvalue weighted by molar-refractivity contribution is 0.341. The van der Waals surface area contributed by atoms with E-state index in [1.165, 1.54) is 0 Å². The maximum absolute atomic E-state index is 11.4. The van der Waals surface area contributed by atoms with E-state index in [1.54, 1.807) is 0 Å². The molecule has 0 aliphatic carbocycles. The fourth-order valence-electron chi connectivity index (χ4n) is 2.16. The molecule has 1 aromatic heterocycles. The number of H-pyrrole nitrogens is 1. The Bertz CT molecular complexity index is 932. The number of hydrogen-bond acceptors (Lipinski definition) is 5. The molecular weight excluding hydrogens is 302 g/mol. The number of rotatable bonds is 4. The summed E-state index contributed by atoms with van der Waals surface area (Å²) in [4.78, 5) is 4.03. The van der Waals surface area contributed by atoms with Gasteiger partial charge in [0.05, 0.1) is 6.61 Å². The van der Waals surface area contributed by atoms with Crippen LogP contribution in [0.5, 0.6) is 5.75 Å².